The van der Waals surface area contributed by atoms with Gasteiger partial charge in [0.15, 0.2) is 0 Å². The van der Waals surface area contributed by atoms with Crippen molar-refractivity contribution in [1.82, 2.24) is 10.2 Å². The predicted molar refractivity (Wildman–Crippen MR) is 144 cm³/mol. The van der Waals surface area contributed by atoms with Crippen molar-refractivity contribution in [3.05, 3.63) is 101 Å². The molecule has 1 N–H and O–H groups in total. The third kappa shape index (κ3) is 6.08. The molecule has 0 saturated heterocycles. The molecule has 1 saturated carbocycles. The molecule has 2 aliphatic rings. The van der Waals surface area contributed by atoms with Gasteiger partial charge in [0.1, 0.15) is 11.9 Å². The molecular weight excluding hydrogens is 465 g/mol. The summed E-state index contributed by atoms with van der Waals surface area (Å²) in [6.07, 6.45) is 6.10. The lowest BCUT2D eigenvalue weighted by molar-refractivity contribution is -0.127. The zero-order valence-corrected chi connectivity index (χ0v) is 21.1. The Morgan fingerprint density at radius 2 is 1.65 bits per heavy atom. The number of anilines is 1. The number of fused-ring (bicyclic) bond motifs is 1. The van der Waals surface area contributed by atoms with Crippen LogP contribution in [0.4, 0.5) is 10.1 Å². The van der Waals surface area contributed by atoms with E-state index >= 15 is 0 Å². The van der Waals surface area contributed by atoms with Gasteiger partial charge in [-0.05, 0) is 54.2 Å². The minimum atomic E-state index is -0.894. The van der Waals surface area contributed by atoms with Crippen LogP contribution in [0.1, 0.15) is 54.8 Å². The summed E-state index contributed by atoms with van der Waals surface area (Å²) in [4.78, 5) is 31.5. The second-order valence-corrected chi connectivity index (χ2v) is 10.1. The molecule has 2 amide bonds. The summed E-state index contributed by atoms with van der Waals surface area (Å²) in [6, 6.07) is 22.8. The highest BCUT2D eigenvalue weighted by Gasteiger charge is 2.35. The van der Waals surface area contributed by atoms with Gasteiger partial charge >= 0.3 is 0 Å². The molecule has 1 atom stereocenters. The number of halogens is 1. The van der Waals surface area contributed by atoms with Crippen molar-refractivity contribution in [3.8, 4) is 0 Å². The third-order valence-corrected chi connectivity index (χ3v) is 7.50. The maximum absolute atomic E-state index is 14.4. The van der Waals surface area contributed by atoms with Gasteiger partial charge in [0.25, 0.3) is 0 Å². The summed E-state index contributed by atoms with van der Waals surface area (Å²) in [5.74, 6) is -0.890. The van der Waals surface area contributed by atoms with E-state index < -0.39 is 11.9 Å². The van der Waals surface area contributed by atoms with Crippen LogP contribution in [0.5, 0.6) is 0 Å². The molecule has 0 radical (unpaired) electrons. The van der Waals surface area contributed by atoms with Crippen LogP contribution in [0.3, 0.4) is 0 Å². The largest absolute Gasteiger partial charge is 0.351 e. The van der Waals surface area contributed by atoms with Crippen LogP contribution in [0, 0.1) is 5.82 Å². The van der Waals surface area contributed by atoms with Gasteiger partial charge in [0, 0.05) is 24.8 Å². The molecule has 1 heterocycles. The van der Waals surface area contributed by atoms with E-state index in [1.807, 2.05) is 42.5 Å². The maximum atomic E-state index is 14.4. The van der Waals surface area contributed by atoms with E-state index in [4.69, 9.17) is 0 Å². The fourth-order valence-corrected chi connectivity index (χ4v) is 5.60. The van der Waals surface area contributed by atoms with Crippen molar-refractivity contribution < 1.29 is 14.0 Å². The summed E-state index contributed by atoms with van der Waals surface area (Å²) in [7, 11) is 0. The van der Waals surface area contributed by atoms with Crippen LogP contribution in [-0.2, 0) is 22.6 Å². The van der Waals surface area contributed by atoms with Gasteiger partial charge in [-0.2, -0.15) is 0 Å². The molecule has 1 fully saturated rings. The second-order valence-electron chi connectivity index (χ2n) is 10.1. The Morgan fingerprint density at radius 3 is 2.41 bits per heavy atom. The summed E-state index contributed by atoms with van der Waals surface area (Å²) >= 11 is 0. The van der Waals surface area contributed by atoms with Crippen LogP contribution >= 0.6 is 0 Å². The highest BCUT2D eigenvalue weighted by atomic mass is 19.1. The van der Waals surface area contributed by atoms with Crippen molar-refractivity contribution >= 4 is 17.5 Å². The number of rotatable bonds is 7. The molecule has 1 aliphatic heterocycles. The Labute approximate surface area is 218 Å². The van der Waals surface area contributed by atoms with E-state index in [0.717, 1.165) is 38.6 Å². The fourth-order valence-electron chi connectivity index (χ4n) is 5.60. The van der Waals surface area contributed by atoms with Crippen molar-refractivity contribution in [2.75, 3.05) is 18.0 Å². The summed E-state index contributed by atoms with van der Waals surface area (Å²) in [5.41, 5.74) is 3.61. The Balaban J connectivity index is 1.46. The molecule has 192 valence electrons. The third-order valence-electron chi connectivity index (χ3n) is 7.50. The number of amides is 2. The van der Waals surface area contributed by atoms with Gasteiger partial charge in [0.05, 0.1) is 6.54 Å². The van der Waals surface area contributed by atoms with E-state index in [9.17, 15) is 14.0 Å². The van der Waals surface area contributed by atoms with Crippen LogP contribution in [-0.4, -0.2) is 35.8 Å². The van der Waals surface area contributed by atoms with Crippen molar-refractivity contribution in [2.45, 2.75) is 57.2 Å². The molecule has 3 aromatic carbocycles. The molecule has 0 bridgehead atoms. The molecule has 3 aromatic rings. The van der Waals surface area contributed by atoms with Gasteiger partial charge in [-0.25, -0.2) is 4.39 Å². The zero-order chi connectivity index (χ0) is 25.6. The van der Waals surface area contributed by atoms with Gasteiger partial charge in [-0.1, -0.05) is 79.9 Å². The van der Waals surface area contributed by atoms with Gasteiger partial charge in [-0.15, -0.1) is 0 Å². The number of nitrogens with one attached hydrogen (secondary N) is 1. The number of hydrogen-bond acceptors (Lipinski definition) is 3. The zero-order valence-electron chi connectivity index (χ0n) is 21.1. The number of carbonyl (C=O) groups excluding carboxylic acids is 2. The smallest absolute Gasteiger partial charge is 0.248 e. The lowest BCUT2D eigenvalue weighted by Gasteiger charge is -2.35. The fraction of sp³-hybridized carbons (Fsp3) is 0.355. The quantitative estimate of drug-likeness (QED) is 0.473. The molecule has 5 rings (SSSR count). The van der Waals surface area contributed by atoms with E-state index in [-0.39, 0.29) is 24.4 Å². The lowest BCUT2D eigenvalue weighted by Crippen LogP contribution is -2.50. The molecule has 0 spiro atoms. The van der Waals surface area contributed by atoms with Gasteiger partial charge in [0.2, 0.25) is 11.8 Å². The van der Waals surface area contributed by atoms with E-state index in [2.05, 4.69) is 22.3 Å². The number of nitrogens with zero attached hydrogens (tertiary/aromatic N) is 2. The molecule has 37 heavy (non-hydrogen) atoms. The molecule has 1 aliphatic carbocycles. The Kier molecular flexibility index (Phi) is 7.95. The van der Waals surface area contributed by atoms with E-state index in [1.54, 1.807) is 12.1 Å². The Hall–Kier alpha value is -3.51. The van der Waals surface area contributed by atoms with Crippen LogP contribution in [0.15, 0.2) is 78.9 Å². The Morgan fingerprint density at radius 1 is 0.919 bits per heavy atom. The maximum Gasteiger partial charge on any atom is 0.248 e. The minimum Gasteiger partial charge on any atom is -0.351 e. The summed E-state index contributed by atoms with van der Waals surface area (Å²) < 4.78 is 14.4. The highest BCUT2D eigenvalue weighted by Crippen LogP contribution is 2.30. The highest BCUT2D eigenvalue weighted by molar-refractivity contribution is 6.02. The topological polar surface area (TPSA) is 52.7 Å². The first-order valence-electron chi connectivity index (χ1n) is 13.3. The van der Waals surface area contributed by atoms with Crippen molar-refractivity contribution in [2.24, 2.45) is 0 Å². The monoisotopic (exact) mass is 499 g/mol. The van der Waals surface area contributed by atoms with Gasteiger partial charge < -0.3 is 5.32 Å². The minimum absolute atomic E-state index is 0.0931. The molecule has 6 heteroatoms. The first kappa shape index (κ1) is 25.2. The molecule has 1 unspecified atom stereocenters. The molecule has 0 aromatic heterocycles. The first-order valence-corrected chi connectivity index (χ1v) is 13.3. The van der Waals surface area contributed by atoms with E-state index in [0.29, 0.717) is 17.8 Å². The second kappa shape index (κ2) is 11.7. The summed E-state index contributed by atoms with van der Waals surface area (Å²) in [5, 5.41) is 3.21. The van der Waals surface area contributed by atoms with Gasteiger partial charge in [-0.3, -0.25) is 19.4 Å². The average Bonchev–Trinajstić information content (AvgIpc) is 2.92. The van der Waals surface area contributed by atoms with Crippen LogP contribution in [0.2, 0.25) is 0 Å². The van der Waals surface area contributed by atoms with Crippen LogP contribution < -0.4 is 10.2 Å². The lowest BCUT2D eigenvalue weighted by atomic mass is 9.94. The predicted octanol–water partition coefficient (Wildman–Crippen LogP) is 5.41. The van der Waals surface area contributed by atoms with Crippen molar-refractivity contribution in [1.29, 1.82) is 0 Å². The normalized spacial score (nSPS) is 17.0. The SMILES string of the molecule is O=C(NC1CCCCC1)C(c1ccccc1)N(C(=O)CN1CCc2ccccc2C1)c1cccc(F)c1. The van der Waals surface area contributed by atoms with E-state index in [1.165, 1.54) is 34.6 Å². The average molecular weight is 500 g/mol. The summed E-state index contributed by atoms with van der Waals surface area (Å²) in [6.45, 7) is 1.57. The Bertz CT molecular complexity index is 1230. The number of benzene rings is 3. The standard InChI is InChI=1S/C31H34FN3O2/c32-26-14-9-17-28(20-26)35(29(36)22-34-19-18-23-10-7-8-13-25(23)21-34)30(24-11-3-1-4-12-24)31(37)33-27-15-5-2-6-16-27/h1,3-4,7-14,17,20,27,30H,2,5-6,15-16,18-19,21-22H2,(H,33,37). The van der Waals surface area contributed by atoms with Crippen molar-refractivity contribution in [3.63, 3.8) is 0 Å². The molecular formula is C31H34FN3O2. The first-order chi connectivity index (χ1) is 18.1. The number of carbonyl (C=O) groups is 2. The van der Waals surface area contributed by atoms with Crippen LogP contribution in [0.25, 0.3) is 0 Å². The molecule has 5 nitrogen and oxygen atoms in total. The number of hydrogen-bond donors (Lipinski definition) is 1.